The summed E-state index contributed by atoms with van der Waals surface area (Å²) in [5.41, 5.74) is 1.33. The number of rotatable bonds is 11. The molecule has 1 heterocycles. The minimum absolute atomic E-state index is 0.0572. The van der Waals surface area contributed by atoms with Gasteiger partial charge in [-0.25, -0.2) is 22.2 Å². The zero-order valence-electron chi connectivity index (χ0n) is 18.3. The van der Waals surface area contributed by atoms with Gasteiger partial charge in [-0.3, -0.25) is 4.72 Å². The molecule has 184 valence electrons. The van der Waals surface area contributed by atoms with E-state index in [0.29, 0.717) is 17.6 Å². The van der Waals surface area contributed by atoms with Crippen LogP contribution in [0.1, 0.15) is 19.4 Å². The molecule has 1 aromatic heterocycles. The second kappa shape index (κ2) is 11.5. The quantitative estimate of drug-likeness (QED) is 0.250. The molecule has 0 spiro atoms. The highest BCUT2D eigenvalue weighted by molar-refractivity contribution is 7.93. The first-order chi connectivity index (χ1) is 16.1. The Hall–Kier alpha value is -2.18. The van der Waals surface area contributed by atoms with Crippen molar-refractivity contribution in [3.63, 3.8) is 0 Å². The minimum Gasteiger partial charge on any atom is -0.383 e. The normalized spacial score (nSPS) is 12.4. The Labute approximate surface area is 210 Å². The number of benzene rings is 2. The summed E-state index contributed by atoms with van der Waals surface area (Å²) in [6.07, 6.45) is 1.24. The molecule has 2 aromatic carbocycles. The van der Waals surface area contributed by atoms with E-state index in [1.165, 1.54) is 6.20 Å². The van der Waals surface area contributed by atoms with Crippen molar-refractivity contribution in [2.24, 2.45) is 0 Å². The van der Waals surface area contributed by atoms with Gasteiger partial charge in [-0.1, -0.05) is 47.5 Å². The van der Waals surface area contributed by atoms with Crippen LogP contribution >= 0.6 is 34.5 Å². The van der Waals surface area contributed by atoms with E-state index in [1.54, 1.807) is 18.2 Å². The molecular weight excluding hydrogens is 527 g/mol. The number of likely N-dealkylation sites (N-methyl/N-ethyl adjacent to an activating group) is 1. The molecule has 0 amide bonds. The van der Waals surface area contributed by atoms with E-state index < -0.39 is 26.6 Å². The van der Waals surface area contributed by atoms with Crippen molar-refractivity contribution in [2.75, 3.05) is 28.4 Å². The minimum atomic E-state index is -4.40. The van der Waals surface area contributed by atoms with Gasteiger partial charge in [0.2, 0.25) is 0 Å². The maximum Gasteiger partial charge on any atom is 0.266 e. The molecule has 34 heavy (non-hydrogen) atoms. The molecule has 4 N–H and O–H groups in total. The zero-order chi connectivity index (χ0) is 24.9. The second-order valence-corrected chi connectivity index (χ2v) is 11.1. The molecule has 0 aliphatic carbocycles. The van der Waals surface area contributed by atoms with Crippen LogP contribution in [0.15, 0.2) is 41.4 Å². The van der Waals surface area contributed by atoms with Gasteiger partial charge in [0.15, 0.2) is 5.13 Å². The number of anilines is 3. The molecule has 0 saturated carbocycles. The number of nitrogens with one attached hydrogen (secondary N) is 4. The monoisotopic (exact) mass is 549 g/mol. The average Bonchev–Trinajstić information content (AvgIpc) is 3.17. The summed E-state index contributed by atoms with van der Waals surface area (Å²) in [6, 6.07) is 6.84. The molecule has 0 bridgehead atoms. The van der Waals surface area contributed by atoms with Gasteiger partial charge in [0.25, 0.3) is 10.0 Å². The molecule has 0 aliphatic rings. The van der Waals surface area contributed by atoms with Gasteiger partial charge >= 0.3 is 0 Å². The largest absolute Gasteiger partial charge is 0.383 e. The van der Waals surface area contributed by atoms with Gasteiger partial charge in [-0.15, -0.1) is 0 Å². The fourth-order valence-electron chi connectivity index (χ4n) is 3.08. The third-order valence-corrected chi connectivity index (χ3v) is 7.45. The van der Waals surface area contributed by atoms with Gasteiger partial charge in [0.1, 0.15) is 20.9 Å². The van der Waals surface area contributed by atoms with E-state index in [4.69, 9.17) is 23.2 Å². The average molecular weight is 550 g/mol. The predicted molar refractivity (Wildman–Crippen MR) is 135 cm³/mol. The van der Waals surface area contributed by atoms with Crippen molar-refractivity contribution < 1.29 is 17.2 Å². The van der Waals surface area contributed by atoms with Crippen molar-refractivity contribution in [1.29, 1.82) is 0 Å². The second-order valence-electron chi connectivity index (χ2n) is 7.33. The Balaban J connectivity index is 1.75. The van der Waals surface area contributed by atoms with Gasteiger partial charge < -0.3 is 16.0 Å². The van der Waals surface area contributed by atoms with Crippen molar-refractivity contribution >= 4 is 61.1 Å². The Bertz CT molecular complexity index is 1260. The van der Waals surface area contributed by atoms with E-state index in [9.17, 15) is 17.2 Å². The fourth-order valence-corrected chi connectivity index (χ4v) is 5.38. The predicted octanol–water partition coefficient (Wildman–Crippen LogP) is 5.55. The molecule has 3 aromatic rings. The number of thiazole rings is 1. The van der Waals surface area contributed by atoms with E-state index in [-0.39, 0.29) is 27.7 Å². The van der Waals surface area contributed by atoms with Crippen LogP contribution in [0.3, 0.4) is 0 Å². The number of hydrogen-bond acceptors (Lipinski definition) is 7. The smallest absolute Gasteiger partial charge is 0.266 e. The Kier molecular flexibility index (Phi) is 8.94. The zero-order valence-corrected chi connectivity index (χ0v) is 21.4. The third-order valence-electron chi connectivity index (χ3n) is 4.70. The molecular formula is C21H23Cl2F2N5O2S2. The van der Waals surface area contributed by atoms with Crippen molar-refractivity contribution in [2.45, 2.75) is 31.3 Å². The summed E-state index contributed by atoms with van der Waals surface area (Å²) in [6.45, 7) is 5.66. The molecule has 0 radical (unpaired) electrons. The molecule has 0 aliphatic heterocycles. The molecule has 7 nitrogen and oxygen atoms in total. The van der Waals surface area contributed by atoms with Crippen LogP contribution in [0.25, 0.3) is 0 Å². The summed E-state index contributed by atoms with van der Waals surface area (Å²) in [7, 11) is -4.40. The standard InChI is InChI=1S/C21H23Cl2F2N5O2S2/c1-3-26-12(2)9-27-17-6-14(22)5-4-13(17)10-28-18-7-16(25)19(8-15(18)24)34(31,32)30-21-29-11-20(23)33-21/h4-8,11-12,26-28H,3,9-10H2,1-2H3,(H,29,30). The van der Waals surface area contributed by atoms with Gasteiger partial charge in [0.05, 0.1) is 11.9 Å². The van der Waals surface area contributed by atoms with Crippen LogP contribution < -0.4 is 20.7 Å². The third kappa shape index (κ3) is 6.92. The molecule has 3 rings (SSSR count). The maximum absolute atomic E-state index is 14.7. The first kappa shape index (κ1) is 26.4. The van der Waals surface area contributed by atoms with Crippen molar-refractivity contribution in [3.8, 4) is 0 Å². The summed E-state index contributed by atoms with van der Waals surface area (Å²) in [5.74, 6) is -2.05. The van der Waals surface area contributed by atoms with Crippen LogP contribution in [-0.4, -0.2) is 32.5 Å². The highest BCUT2D eigenvalue weighted by Crippen LogP contribution is 2.29. The fraction of sp³-hybridized carbons (Fsp3) is 0.286. The lowest BCUT2D eigenvalue weighted by atomic mass is 10.1. The van der Waals surface area contributed by atoms with Crippen LogP contribution in [-0.2, 0) is 16.6 Å². The topological polar surface area (TPSA) is 95.1 Å². The van der Waals surface area contributed by atoms with Crippen molar-refractivity contribution in [3.05, 3.63) is 63.1 Å². The Morgan fingerprint density at radius 2 is 1.85 bits per heavy atom. The van der Waals surface area contributed by atoms with E-state index in [0.717, 1.165) is 35.2 Å². The van der Waals surface area contributed by atoms with E-state index in [1.807, 2.05) is 13.8 Å². The summed E-state index contributed by atoms with van der Waals surface area (Å²) >= 11 is 12.7. The molecule has 0 fully saturated rings. The Morgan fingerprint density at radius 3 is 2.53 bits per heavy atom. The lowest BCUT2D eigenvalue weighted by molar-refractivity contribution is 0.557. The van der Waals surface area contributed by atoms with Crippen LogP contribution in [0.5, 0.6) is 0 Å². The Morgan fingerprint density at radius 1 is 1.09 bits per heavy atom. The van der Waals surface area contributed by atoms with E-state index in [2.05, 4.69) is 25.7 Å². The summed E-state index contributed by atoms with van der Waals surface area (Å²) in [4.78, 5) is 2.92. The van der Waals surface area contributed by atoms with Crippen molar-refractivity contribution in [1.82, 2.24) is 10.3 Å². The van der Waals surface area contributed by atoms with Gasteiger partial charge in [-0.2, -0.15) is 0 Å². The maximum atomic E-state index is 14.7. The number of sulfonamides is 1. The first-order valence-electron chi connectivity index (χ1n) is 10.2. The van der Waals surface area contributed by atoms with Crippen LogP contribution in [0.4, 0.5) is 25.3 Å². The summed E-state index contributed by atoms with van der Waals surface area (Å²) in [5, 5.41) is 9.88. The number of halogens is 4. The molecule has 1 unspecified atom stereocenters. The number of hydrogen-bond donors (Lipinski definition) is 4. The molecule has 1 atom stereocenters. The highest BCUT2D eigenvalue weighted by atomic mass is 35.5. The van der Waals surface area contributed by atoms with Crippen LogP contribution in [0, 0.1) is 11.6 Å². The van der Waals surface area contributed by atoms with E-state index >= 15 is 0 Å². The number of nitrogens with zero attached hydrogens (tertiary/aromatic N) is 1. The number of aromatic nitrogens is 1. The highest BCUT2D eigenvalue weighted by Gasteiger charge is 2.23. The van der Waals surface area contributed by atoms with Gasteiger partial charge in [-0.05, 0) is 37.2 Å². The first-order valence-corrected chi connectivity index (χ1v) is 13.3. The SMILES string of the molecule is CCNC(C)CNc1cc(Cl)ccc1CNc1cc(F)c(S(=O)(=O)Nc2ncc(Cl)s2)cc1F. The lowest BCUT2D eigenvalue weighted by Crippen LogP contribution is -2.32. The van der Waals surface area contributed by atoms with Gasteiger partial charge in [0, 0.05) is 35.9 Å². The summed E-state index contributed by atoms with van der Waals surface area (Å²) < 4.78 is 56.7. The lowest BCUT2D eigenvalue weighted by Gasteiger charge is -2.18. The van der Waals surface area contributed by atoms with Crippen LogP contribution in [0.2, 0.25) is 9.36 Å². The molecule has 13 heteroatoms. The molecule has 0 saturated heterocycles.